The van der Waals surface area contributed by atoms with Gasteiger partial charge in [0.1, 0.15) is 23.3 Å². The van der Waals surface area contributed by atoms with Crippen molar-refractivity contribution in [2.75, 3.05) is 5.32 Å². The van der Waals surface area contributed by atoms with E-state index in [1.54, 1.807) is 18.2 Å². The number of allylic oxidation sites excluding steroid dienone is 2. The minimum absolute atomic E-state index is 0.257. The van der Waals surface area contributed by atoms with Crippen molar-refractivity contribution in [1.82, 2.24) is 0 Å². The van der Waals surface area contributed by atoms with Gasteiger partial charge >= 0.3 is 0 Å². The largest absolute Gasteiger partial charge is 0.349 e. The number of halogens is 3. The summed E-state index contributed by atoms with van der Waals surface area (Å²) in [6.07, 6.45) is 0.412. The van der Waals surface area contributed by atoms with Gasteiger partial charge in [-0.3, -0.25) is 0 Å². The molecule has 20 heavy (non-hydrogen) atoms. The zero-order chi connectivity index (χ0) is 14.8. The van der Waals surface area contributed by atoms with Crippen LogP contribution in [-0.2, 0) is 0 Å². The molecule has 0 fully saturated rings. The maximum Gasteiger partial charge on any atom is 0.224 e. The molecule has 0 saturated carbocycles. The van der Waals surface area contributed by atoms with Crippen LogP contribution in [0, 0.1) is 28.6 Å². The summed E-state index contributed by atoms with van der Waals surface area (Å²) in [4.78, 5) is 0. The predicted octanol–water partition coefficient (Wildman–Crippen LogP) is 3.52. The molecule has 0 amide bonds. The molecule has 1 aliphatic rings. The van der Waals surface area contributed by atoms with Crippen LogP contribution < -0.4 is 5.32 Å². The van der Waals surface area contributed by atoms with Gasteiger partial charge in [0.15, 0.2) is 5.92 Å². The van der Waals surface area contributed by atoms with Crippen LogP contribution in [0.25, 0.3) is 0 Å². The number of nitrogens with one attached hydrogen (secondary N) is 1. The van der Waals surface area contributed by atoms with Crippen LogP contribution in [0.15, 0.2) is 53.6 Å². The van der Waals surface area contributed by atoms with Crippen molar-refractivity contribution in [3.8, 4) is 12.1 Å². The molecule has 1 aromatic carbocycles. The standard InChI is InChI=1S/C14H8F3N3/c15-12-6-14(17,20-9-4-2-1-3-5-9)11(8-19)13(16)10(12)7-18/h1-6,11,20H. The molecule has 0 radical (unpaired) electrons. The van der Waals surface area contributed by atoms with Crippen molar-refractivity contribution >= 4 is 5.69 Å². The van der Waals surface area contributed by atoms with Gasteiger partial charge in [0.05, 0.1) is 6.07 Å². The van der Waals surface area contributed by atoms with Gasteiger partial charge < -0.3 is 5.32 Å². The second-order valence-corrected chi connectivity index (χ2v) is 4.15. The summed E-state index contributed by atoms with van der Waals surface area (Å²) >= 11 is 0. The number of rotatable bonds is 2. The summed E-state index contributed by atoms with van der Waals surface area (Å²) in [7, 11) is 0. The van der Waals surface area contributed by atoms with E-state index in [2.05, 4.69) is 5.32 Å². The molecule has 6 heteroatoms. The zero-order valence-electron chi connectivity index (χ0n) is 10.1. The summed E-state index contributed by atoms with van der Waals surface area (Å²) in [5, 5.41) is 19.8. The normalized spacial score (nSPS) is 25.4. The summed E-state index contributed by atoms with van der Waals surface area (Å²) in [6.45, 7) is 0. The summed E-state index contributed by atoms with van der Waals surface area (Å²) in [6, 6.07) is 10.6. The monoisotopic (exact) mass is 275 g/mol. The fourth-order valence-electron chi connectivity index (χ4n) is 1.89. The van der Waals surface area contributed by atoms with Crippen LogP contribution in [0.5, 0.6) is 0 Å². The fourth-order valence-corrected chi connectivity index (χ4v) is 1.89. The molecule has 2 unspecified atom stereocenters. The van der Waals surface area contributed by atoms with Crippen LogP contribution in [0.4, 0.5) is 18.9 Å². The van der Waals surface area contributed by atoms with Crippen LogP contribution in [0.3, 0.4) is 0 Å². The molecule has 100 valence electrons. The average Bonchev–Trinajstić information content (AvgIpc) is 2.39. The Bertz CT molecular complexity index is 667. The lowest BCUT2D eigenvalue weighted by Crippen LogP contribution is -2.41. The highest BCUT2D eigenvalue weighted by atomic mass is 19.2. The summed E-state index contributed by atoms with van der Waals surface area (Å²) in [5.74, 6) is -7.44. The Balaban J connectivity index is 2.45. The van der Waals surface area contributed by atoms with Gasteiger partial charge in [0, 0.05) is 11.8 Å². The Morgan fingerprint density at radius 3 is 2.35 bits per heavy atom. The first-order valence-electron chi connectivity index (χ1n) is 5.62. The molecule has 1 aliphatic carbocycles. The number of hydrogen-bond donors (Lipinski definition) is 1. The highest BCUT2D eigenvalue weighted by molar-refractivity contribution is 5.54. The minimum atomic E-state index is -2.76. The number of para-hydroxylation sites is 1. The lowest BCUT2D eigenvalue weighted by atomic mass is 9.88. The SMILES string of the molecule is N#CC1=C(F)C(C#N)C(F)(Nc2ccccc2)C=C1F. The second-order valence-electron chi connectivity index (χ2n) is 4.15. The van der Waals surface area contributed by atoms with Crippen LogP contribution in [0.2, 0.25) is 0 Å². The maximum absolute atomic E-state index is 14.7. The highest BCUT2D eigenvalue weighted by Crippen LogP contribution is 2.40. The van der Waals surface area contributed by atoms with Crippen LogP contribution >= 0.6 is 0 Å². The summed E-state index contributed by atoms with van der Waals surface area (Å²) in [5.41, 5.74) is -0.688. The first-order valence-corrected chi connectivity index (χ1v) is 5.62. The van der Waals surface area contributed by atoms with E-state index >= 15 is 0 Å². The zero-order valence-corrected chi connectivity index (χ0v) is 10.1. The molecule has 0 aromatic heterocycles. The van der Waals surface area contributed by atoms with Crippen molar-refractivity contribution < 1.29 is 13.2 Å². The predicted molar refractivity (Wildman–Crippen MR) is 65.9 cm³/mol. The topological polar surface area (TPSA) is 59.6 Å². The van der Waals surface area contributed by atoms with E-state index in [-0.39, 0.29) is 5.69 Å². The molecule has 0 spiro atoms. The highest BCUT2D eigenvalue weighted by Gasteiger charge is 2.46. The third-order valence-corrected chi connectivity index (χ3v) is 2.84. The van der Waals surface area contributed by atoms with Crippen LogP contribution in [0.1, 0.15) is 0 Å². The Labute approximate surface area is 113 Å². The number of alkyl halides is 1. The molecule has 2 rings (SSSR count). The molecule has 0 aliphatic heterocycles. The molecular formula is C14H8F3N3. The van der Waals surface area contributed by atoms with E-state index < -0.39 is 28.9 Å². The van der Waals surface area contributed by atoms with E-state index in [1.807, 2.05) is 0 Å². The van der Waals surface area contributed by atoms with Crippen molar-refractivity contribution in [2.24, 2.45) is 5.92 Å². The molecule has 3 nitrogen and oxygen atoms in total. The van der Waals surface area contributed by atoms with Crippen molar-refractivity contribution in [3.05, 3.63) is 53.6 Å². The number of nitrogens with zero attached hydrogens (tertiary/aromatic N) is 2. The Kier molecular flexibility index (Phi) is 3.49. The van der Waals surface area contributed by atoms with E-state index in [4.69, 9.17) is 10.5 Å². The maximum atomic E-state index is 14.7. The lowest BCUT2D eigenvalue weighted by molar-refractivity contribution is 0.199. The van der Waals surface area contributed by atoms with Gasteiger partial charge in [-0.1, -0.05) is 18.2 Å². The first kappa shape index (κ1) is 13.7. The van der Waals surface area contributed by atoms with Gasteiger partial charge in [-0.25, -0.2) is 13.2 Å². The molecule has 0 heterocycles. The van der Waals surface area contributed by atoms with Gasteiger partial charge in [0.25, 0.3) is 0 Å². The Morgan fingerprint density at radius 1 is 1.15 bits per heavy atom. The summed E-state index contributed by atoms with van der Waals surface area (Å²) < 4.78 is 42.1. The smallest absolute Gasteiger partial charge is 0.224 e. The molecule has 1 N–H and O–H groups in total. The third kappa shape index (κ3) is 2.24. The second kappa shape index (κ2) is 5.10. The molecular weight excluding hydrogens is 267 g/mol. The third-order valence-electron chi connectivity index (χ3n) is 2.84. The van der Waals surface area contributed by atoms with Gasteiger partial charge in [-0.2, -0.15) is 10.5 Å². The number of hydrogen-bond acceptors (Lipinski definition) is 3. The van der Waals surface area contributed by atoms with Crippen molar-refractivity contribution in [3.63, 3.8) is 0 Å². The fraction of sp³-hybridized carbons (Fsp3) is 0.143. The van der Waals surface area contributed by atoms with E-state index in [1.165, 1.54) is 24.3 Å². The van der Waals surface area contributed by atoms with Crippen LogP contribution in [-0.4, -0.2) is 5.79 Å². The molecule has 0 saturated heterocycles. The van der Waals surface area contributed by atoms with Gasteiger partial charge in [-0.05, 0) is 12.1 Å². The number of nitriles is 2. The van der Waals surface area contributed by atoms with Gasteiger partial charge in [0.2, 0.25) is 5.79 Å². The molecule has 2 atom stereocenters. The lowest BCUT2D eigenvalue weighted by Gasteiger charge is -2.30. The number of anilines is 1. The van der Waals surface area contributed by atoms with Gasteiger partial charge in [-0.15, -0.1) is 0 Å². The first-order chi connectivity index (χ1) is 9.51. The quantitative estimate of drug-likeness (QED) is 0.840. The molecule has 1 aromatic rings. The van der Waals surface area contributed by atoms with E-state index in [0.717, 1.165) is 0 Å². The van der Waals surface area contributed by atoms with Crippen molar-refractivity contribution in [1.29, 1.82) is 10.5 Å². The number of benzene rings is 1. The van der Waals surface area contributed by atoms with E-state index in [9.17, 15) is 13.2 Å². The minimum Gasteiger partial charge on any atom is -0.349 e. The molecule has 0 bridgehead atoms. The van der Waals surface area contributed by atoms with E-state index in [0.29, 0.717) is 6.08 Å². The van der Waals surface area contributed by atoms with Crippen molar-refractivity contribution in [2.45, 2.75) is 5.79 Å². The average molecular weight is 275 g/mol. The Morgan fingerprint density at radius 2 is 1.80 bits per heavy atom. The Hall–Kier alpha value is -2.73.